The summed E-state index contributed by atoms with van der Waals surface area (Å²) in [4.78, 5) is 15.8. The van der Waals surface area contributed by atoms with Crippen LogP contribution in [-0.2, 0) is 6.61 Å². The van der Waals surface area contributed by atoms with Crippen molar-refractivity contribution >= 4 is 27.3 Å². The van der Waals surface area contributed by atoms with E-state index < -0.39 is 0 Å². The van der Waals surface area contributed by atoms with Gasteiger partial charge in [-0.2, -0.15) is 0 Å². The minimum atomic E-state index is -0.325. The fourth-order valence-electron chi connectivity index (χ4n) is 3.88. The van der Waals surface area contributed by atoms with Gasteiger partial charge in [-0.1, -0.05) is 24.3 Å². The van der Waals surface area contributed by atoms with Gasteiger partial charge in [0.05, 0.1) is 4.88 Å². The summed E-state index contributed by atoms with van der Waals surface area (Å²) < 4.78 is 21.3. The van der Waals surface area contributed by atoms with Gasteiger partial charge in [-0.25, -0.2) is 4.39 Å². The molecule has 4 nitrogen and oxygen atoms in total. The van der Waals surface area contributed by atoms with Gasteiger partial charge in [0.25, 0.3) is 5.91 Å². The lowest BCUT2D eigenvalue weighted by Crippen LogP contribution is -2.34. The van der Waals surface area contributed by atoms with Gasteiger partial charge in [-0.3, -0.25) is 4.79 Å². The first-order valence-electron chi connectivity index (χ1n) is 9.47. The van der Waals surface area contributed by atoms with Crippen molar-refractivity contribution in [3.8, 4) is 5.75 Å². The van der Waals surface area contributed by atoms with Crippen LogP contribution in [0.15, 0.2) is 48.5 Å². The summed E-state index contributed by atoms with van der Waals surface area (Å²) in [5.74, 6) is 0.618. The van der Waals surface area contributed by atoms with E-state index in [2.05, 4.69) is 0 Å². The number of rotatable bonds is 5. The molecular weight excluding hydrogens is 375 g/mol. The van der Waals surface area contributed by atoms with Crippen molar-refractivity contribution in [2.75, 3.05) is 13.1 Å². The maximum atomic E-state index is 14.6. The third kappa shape index (κ3) is 3.50. The molecule has 0 radical (unpaired) electrons. The average molecular weight is 399 g/mol. The zero-order valence-electron chi connectivity index (χ0n) is 15.7. The molecule has 4 rings (SSSR count). The molecule has 1 aromatic heterocycles. The van der Waals surface area contributed by atoms with E-state index in [1.54, 1.807) is 6.07 Å². The van der Waals surface area contributed by atoms with Gasteiger partial charge in [0.15, 0.2) is 0 Å². The Morgan fingerprint density at radius 2 is 2.04 bits per heavy atom. The van der Waals surface area contributed by atoms with Gasteiger partial charge in [-0.05, 0) is 50.1 Å². The SMILES string of the molecule is CC1CC(CN)CN1C(=O)c1sc2cccc(F)c2c1COc1ccccc1. The largest absolute Gasteiger partial charge is 0.489 e. The number of amides is 1. The van der Waals surface area contributed by atoms with Crippen LogP contribution in [0.5, 0.6) is 5.75 Å². The molecule has 0 aliphatic carbocycles. The van der Waals surface area contributed by atoms with Crippen LogP contribution in [0.25, 0.3) is 10.1 Å². The van der Waals surface area contributed by atoms with Crippen molar-refractivity contribution in [1.82, 2.24) is 4.90 Å². The van der Waals surface area contributed by atoms with Crippen LogP contribution in [0, 0.1) is 11.7 Å². The Kier molecular flexibility index (Phi) is 5.33. The molecule has 0 bridgehead atoms. The van der Waals surface area contributed by atoms with Crippen LogP contribution in [0.3, 0.4) is 0 Å². The van der Waals surface area contributed by atoms with Crippen molar-refractivity contribution in [1.29, 1.82) is 0 Å². The number of halogens is 1. The van der Waals surface area contributed by atoms with Crippen LogP contribution in [0.1, 0.15) is 28.6 Å². The monoisotopic (exact) mass is 398 g/mol. The Morgan fingerprint density at radius 1 is 1.25 bits per heavy atom. The number of ether oxygens (including phenoxy) is 1. The number of hydrogen-bond donors (Lipinski definition) is 1. The first-order valence-corrected chi connectivity index (χ1v) is 10.3. The first kappa shape index (κ1) is 18.9. The number of nitrogens with zero attached hydrogens (tertiary/aromatic N) is 1. The highest BCUT2D eigenvalue weighted by molar-refractivity contribution is 7.21. The molecule has 28 heavy (non-hydrogen) atoms. The number of para-hydroxylation sites is 1. The van der Waals surface area contributed by atoms with Crippen LogP contribution >= 0.6 is 11.3 Å². The van der Waals surface area contributed by atoms with Gasteiger partial charge < -0.3 is 15.4 Å². The van der Waals surface area contributed by atoms with Gasteiger partial charge in [0.2, 0.25) is 0 Å². The summed E-state index contributed by atoms with van der Waals surface area (Å²) in [5, 5.41) is 0.481. The second-order valence-corrected chi connectivity index (χ2v) is 8.32. The number of benzene rings is 2. The van der Waals surface area contributed by atoms with E-state index in [-0.39, 0.29) is 24.4 Å². The summed E-state index contributed by atoms with van der Waals surface area (Å²) in [6, 6.07) is 14.4. The maximum Gasteiger partial charge on any atom is 0.264 e. The Hall–Kier alpha value is -2.44. The molecule has 2 heterocycles. The normalized spacial score (nSPS) is 19.3. The number of fused-ring (bicyclic) bond motifs is 1. The van der Waals surface area contributed by atoms with E-state index >= 15 is 0 Å². The molecule has 1 fully saturated rings. The van der Waals surface area contributed by atoms with Crippen molar-refractivity contribution < 1.29 is 13.9 Å². The molecule has 146 valence electrons. The molecule has 2 N–H and O–H groups in total. The van der Waals surface area contributed by atoms with Gasteiger partial charge in [0.1, 0.15) is 18.2 Å². The van der Waals surface area contributed by atoms with Crippen molar-refractivity contribution in [2.45, 2.75) is 26.0 Å². The second-order valence-electron chi connectivity index (χ2n) is 7.27. The van der Waals surface area contributed by atoms with Gasteiger partial charge in [-0.15, -0.1) is 11.3 Å². The highest BCUT2D eigenvalue weighted by Crippen LogP contribution is 2.36. The van der Waals surface area contributed by atoms with E-state index in [1.165, 1.54) is 17.4 Å². The Balaban J connectivity index is 1.71. The molecule has 2 atom stereocenters. The number of nitrogens with two attached hydrogens (primary N) is 1. The summed E-state index contributed by atoms with van der Waals surface area (Å²) in [6.07, 6.45) is 0.900. The summed E-state index contributed by atoms with van der Waals surface area (Å²) >= 11 is 1.34. The van der Waals surface area contributed by atoms with Gasteiger partial charge in [0, 0.05) is 28.2 Å². The second kappa shape index (κ2) is 7.89. The van der Waals surface area contributed by atoms with Crippen LogP contribution in [0.4, 0.5) is 4.39 Å². The molecule has 0 spiro atoms. The Morgan fingerprint density at radius 3 is 2.75 bits per heavy atom. The number of hydrogen-bond acceptors (Lipinski definition) is 4. The molecule has 1 amide bonds. The zero-order chi connectivity index (χ0) is 19.7. The van der Waals surface area contributed by atoms with E-state index in [0.717, 1.165) is 11.1 Å². The predicted molar refractivity (Wildman–Crippen MR) is 110 cm³/mol. The van der Waals surface area contributed by atoms with E-state index in [0.29, 0.717) is 40.6 Å². The number of likely N-dealkylation sites (tertiary alicyclic amines) is 1. The van der Waals surface area contributed by atoms with Crippen molar-refractivity contribution in [3.05, 3.63) is 64.8 Å². The first-order chi connectivity index (χ1) is 13.6. The fraction of sp³-hybridized carbons (Fsp3) is 0.318. The Bertz CT molecular complexity index is 989. The minimum Gasteiger partial charge on any atom is -0.489 e. The highest BCUT2D eigenvalue weighted by Gasteiger charge is 2.34. The third-order valence-electron chi connectivity index (χ3n) is 5.34. The average Bonchev–Trinajstić information content (AvgIpc) is 3.28. The number of carbonyl (C=O) groups excluding carboxylic acids is 1. The molecule has 2 unspecified atom stereocenters. The van der Waals surface area contributed by atoms with Crippen molar-refractivity contribution in [2.24, 2.45) is 11.7 Å². The third-order valence-corrected chi connectivity index (χ3v) is 6.52. The predicted octanol–water partition coefficient (Wildman–Crippen LogP) is 4.43. The molecular formula is C22H23FN2O2S. The molecule has 3 aromatic rings. The zero-order valence-corrected chi connectivity index (χ0v) is 16.5. The summed E-state index contributed by atoms with van der Waals surface area (Å²) in [6.45, 7) is 3.40. The molecule has 0 saturated carbocycles. The molecule has 2 aromatic carbocycles. The Labute approximate surface area is 167 Å². The summed E-state index contributed by atoms with van der Waals surface area (Å²) in [7, 11) is 0. The lowest BCUT2D eigenvalue weighted by atomic mass is 10.1. The lowest BCUT2D eigenvalue weighted by Gasteiger charge is -2.21. The van der Waals surface area contributed by atoms with Gasteiger partial charge >= 0.3 is 0 Å². The quantitative estimate of drug-likeness (QED) is 0.692. The topological polar surface area (TPSA) is 55.6 Å². The minimum absolute atomic E-state index is 0.0595. The van der Waals surface area contributed by atoms with E-state index in [4.69, 9.17) is 10.5 Å². The standard InChI is InChI=1S/C22H23FN2O2S/c1-14-10-15(11-24)12-25(14)22(26)21-17(13-27-16-6-3-2-4-7-16)20-18(23)8-5-9-19(20)28-21/h2-9,14-15H,10-13,24H2,1H3. The summed E-state index contributed by atoms with van der Waals surface area (Å²) in [5.41, 5.74) is 6.44. The van der Waals surface area contributed by atoms with E-state index in [1.807, 2.05) is 48.2 Å². The maximum absolute atomic E-state index is 14.6. The van der Waals surface area contributed by atoms with Crippen LogP contribution in [0.2, 0.25) is 0 Å². The fourth-order valence-corrected chi connectivity index (χ4v) is 5.05. The smallest absolute Gasteiger partial charge is 0.264 e. The van der Waals surface area contributed by atoms with Crippen molar-refractivity contribution in [3.63, 3.8) is 0 Å². The van der Waals surface area contributed by atoms with E-state index in [9.17, 15) is 9.18 Å². The highest BCUT2D eigenvalue weighted by atomic mass is 32.1. The molecule has 6 heteroatoms. The number of carbonyl (C=O) groups is 1. The lowest BCUT2D eigenvalue weighted by molar-refractivity contribution is 0.0746. The molecule has 1 saturated heterocycles. The van der Waals surface area contributed by atoms with Crippen LogP contribution in [-0.4, -0.2) is 29.9 Å². The number of thiophene rings is 1. The molecule has 1 aliphatic rings. The van der Waals surface area contributed by atoms with Crippen LogP contribution < -0.4 is 10.5 Å². The molecule has 1 aliphatic heterocycles.